The van der Waals surface area contributed by atoms with Gasteiger partial charge in [0.05, 0.1) is 0 Å². The molecular formula is C36H32N2. The van der Waals surface area contributed by atoms with E-state index in [9.17, 15) is 0 Å². The average Bonchev–Trinajstić information content (AvgIpc) is 2.88. The lowest BCUT2D eigenvalue weighted by Gasteiger charge is -2.21. The smallest absolute Gasteiger partial charge is 0.0471 e. The van der Waals surface area contributed by atoms with E-state index in [2.05, 4.69) is 148 Å². The Bertz CT molecular complexity index is 1640. The number of fused-ring (bicyclic) bond motifs is 2. The fourth-order valence-electron chi connectivity index (χ4n) is 5.69. The second-order valence-electron chi connectivity index (χ2n) is 10.4. The molecule has 0 aliphatic carbocycles. The molecule has 0 aliphatic rings. The van der Waals surface area contributed by atoms with Crippen LogP contribution in [0.15, 0.2) is 109 Å². The molecule has 0 aromatic heterocycles. The van der Waals surface area contributed by atoms with Crippen molar-refractivity contribution >= 4 is 44.3 Å². The van der Waals surface area contributed by atoms with Crippen LogP contribution in [0.4, 0.5) is 22.7 Å². The summed E-state index contributed by atoms with van der Waals surface area (Å²) < 4.78 is 0. The van der Waals surface area contributed by atoms with Gasteiger partial charge in [0.25, 0.3) is 0 Å². The van der Waals surface area contributed by atoms with Gasteiger partial charge in [-0.25, -0.2) is 0 Å². The van der Waals surface area contributed by atoms with Crippen LogP contribution in [0.25, 0.3) is 32.7 Å². The summed E-state index contributed by atoms with van der Waals surface area (Å²) in [6.07, 6.45) is 0. The molecule has 2 nitrogen and oxygen atoms in total. The number of rotatable bonds is 5. The third-order valence-corrected chi connectivity index (χ3v) is 7.11. The number of benzene rings is 6. The molecule has 0 bridgehead atoms. The minimum atomic E-state index is 1.09. The van der Waals surface area contributed by atoms with E-state index < -0.39 is 0 Å². The van der Waals surface area contributed by atoms with Crippen molar-refractivity contribution in [3.8, 4) is 11.1 Å². The summed E-state index contributed by atoms with van der Waals surface area (Å²) in [6, 6.07) is 39.5. The van der Waals surface area contributed by atoms with E-state index in [-0.39, 0.29) is 0 Å². The summed E-state index contributed by atoms with van der Waals surface area (Å²) in [7, 11) is 0. The molecule has 0 radical (unpaired) electrons. The lowest BCUT2D eigenvalue weighted by Crippen LogP contribution is -2.00. The molecule has 38 heavy (non-hydrogen) atoms. The highest BCUT2D eigenvalue weighted by Gasteiger charge is 2.18. The molecule has 0 aliphatic heterocycles. The Hall–Kier alpha value is -4.56. The van der Waals surface area contributed by atoms with Gasteiger partial charge in [-0.1, -0.05) is 72.8 Å². The molecule has 0 fully saturated rings. The maximum atomic E-state index is 3.79. The number of hydrogen-bond donors (Lipinski definition) is 2. The fraction of sp³-hybridized carbons (Fsp3) is 0.111. The number of nitrogens with one attached hydrogen (secondary N) is 2. The van der Waals surface area contributed by atoms with Gasteiger partial charge >= 0.3 is 0 Å². The van der Waals surface area contributed by atoms with Gasteiger partial charge in [0, 0.05) is 33.9 Å². The normalized spacial score (nSPS) is 11.2. The van der Waals surface area contributed by atoms with Gasteiger partial charge in [-0.05, 0) is 108 Å². The number of hydrogen-bond acceptors (Lipinski definition) is 2. The third-order valence-electron chi connectivity index (χ3n) is 7.11. The summed E-state index contributed by atoms with van der Waals surface area (Å²) in [5.74, 6) is 0. The Morgan fingerprint density at radius 3 is 1.16 bits per heavy atom. The third kappa shape index (κ3) is 4.62. The first kappa shape index (κ1) is 23.8. The largest absolute Gasteiger partial charge is 0.355 e. The van der Waals surface area contributed by atoms with Crippen molar-refractivity contribution in [3.63, 3.8) is 0 Å². The predicted octanol–water partition coefficient (Wildman–Crippen LogP) is 10.4. The van der Waals surface area contributed by atoms with Gasteiger partial charge in [-0.2, -0.15) is 0 Å². The molecule has 186 valence electrons. The minimum absolute atomic E-state index is 1.09. The van der Waals surface area contributed by atoms with Crippen molar-refractivity contribution in [2.75, 3.05) is 10.6 Å². The zero-order valence-electron chi connectivity index (χ0n) is 22.4. The molecule has 0 saturated carbocycles. The van der Waals surface area contributed by atoms with Crippen LogP contribution in [0, 0.1) is 27.7 Å². The SMILES string of the molecule is Cc1cc(C)cc(Nc2ccc3ccccc3c2-c2c(Nc3cc(C)cc(C)c3)ccc3ccccc23)c1. The molecule has 2 heteroatoms. The van der Waals surface area contributed by atoms with Crippen LogP contribution in [0.3, 0.4) is 0 Å². The molecule has 6 rings (SSSR count). The van der Waals surface area contributed by atoms with Gasteiger partial charge in [-0.15, -0.1) is 0 Å². The van der Waals surface area contributed by atoms with Gasteiger partial charge in [0.2, 0.25) is 0 Å². The molecule has 2 N–H and O–H groups in total. The highest BCUT2D eigenvalue weighted by molar-refractivity contribution is 6.14. The van der Waals surface area contributed by atoms with Gasteiger partial charge < -0.3 is 10.6 Å². The van der Waals surface area contributed by atoms with Crippen molar-refractivity contribution in [2.45, 2.75) is 27.7 Å². The molecule has 0 heterocycles. The van der Waals surface area contributed by atoms with Crippen molar-refractivity contribution in [2.24, 2.45) is 0 Å². The first-order valence-corrected chi connectivity index (χ1v) is 13.2. The molecule has 0 spiro atoms. The fourth-order valence-corrected chi connectivity index (χ4v) is 5.69. The van der Waals surface area contributed by atoms with Crippen LogP contribution < -0.4 is 10.6 Å². The Balaban J connectivity index is 1.64. The summed E-state index contributed by atoms with van der Waals surface area (Å²) in [5.41, 5.74) is 11.8. The second kappa shape index (κ2) is 9.72. The first-order chi connectivity index (χ1) is 18.4. The summed E-state index contributed by atoms with van der Waals surface area (Å²) in [6.45, 7) is 8.60. The van der Waals surface area contributed by atoms with Crippen LogP contribution in [-0.4, -0.2) is 0 Å². The number of anilines is 4. The van der Waals surface area contributed by atoms with Crippen molar-refractivity contribution in [1.82, 2.24) is 0 Å². The summed E-state index contributed by atoms with van der Waals surface area (Å²) in [4.78, 5) is 0. The van der Waals surface area contributed by atoms with Gasteiger partial charge in [-0.3, -0.25) is 0 Å². The minimum Gasteiger partial charge on any atom is -0.355 e. The zero-order chi connectivity index (χ0) is 26.2. The Kier molecular flexibility index (Phi) is 6.09. The Morgan fingerprint density at radius 1 is 0.395 bits per heavy atom. The summed E-state index contributed by atoms with van der Waals surface area (Å²) >= 11 is 0. The molecule has 0 amide bonds. The van der Waals surface area contributed by atoms with Crippen LogP contribution in [0.2, 0.25) is 0 Å². The van der Waals surface area contributed by atoms with Gasteiger partial charge in [0.1, 0.15) is 0 Å². The van der Waals surface area contributed by atoms with E-state index in [1.807, 2.05) is 0 Å². The first-order valence-electron chi connectivity index (χ1n) is 13.2. The van der Waals surface area contributed by atoms with E-state index in [1.165, 1.54) is 54.9 Å². The molecule has 6 aromatic rings. The van der Waals surface area contributed by atoms with Crippen LogP contribution >= 0.6 is 0 Å². The standard InChI is InChI=1S/C36H32N2/c1-23-17-24(2)20-29(19-23)37-33-15-13-27-9-5-7-11-31(27)35(33)36-32-12-8-6-10-28(32)14-16-34(36)38-30-21-25(3)18-26(4)22-30/h5-22,37-38H,1-4H3. The maximum Gasteiger partial charge on any atom is 0.0471 e. The predicted molar refractivity (Wildman–Crippen MR) is 165 cm³/mol. The van der Waals surface area contributed by atoms with E-state index in [1.54, 1.807) is 0 Å². The van der Waals surface area contributed by atoms with E-state index in [4.69, 9.17) is 0 Å². The van der Waals surface area contributed by atoms with Crippen molar-refractivity contribution in [3.05, 3.63) is 131 Å². The Labute approximate surface area is 225 Å². The molecule has 0 saturated heterocycles. The zero-order valence-corrected chi connectivity index (χ0v) is 22.4. The molecule has 0 unspecified atom stereocenters. The van der Waals surface area contributed by atoms with Crippen molar-refractivity contribution in [1.29, 1.82) is 0 Å². The highest BCUT2D eigenvalue weighted by atomic mass is 14.9. The number of aryl methyl sites for hydroxylation is 4. The monoisotopic (exact) mass is 492 g/mol. The van der Waals surface area contributed by atoms with Crippen LogP contribution in [0.5, 0.6) is 0 Å². The lowest BCUT2D eigenvalue weighted by molar-refractivity contribution is 1.37. The molecule has 0 atom stereocenters. The second-order valence-corrected chi connectivity index (χ2v) is 10.4. The lowest BCUT2D eigenvalue weighted by atomic mass is 9.90. The van der Waals surface area contributed by atoms with Crippen LogP contribution in [0.1, 0.15) is 22.3 Å². The maximum absolute atomic E-state index is 3.79. The van der Waals surface area contributed by atoms with E-state index >= 15 is 0 Å². The summed E-state index contributed by atoms with van der Waals surface area (Å²) in [5, 5.41) is 12.5. The molecule has 6 aromatic carbocycles. The average molecular weight is 493 g/mol. The van der Waals surface area contributed by atoms with E-state index in [0.717, 1.165) is 22.7 Å². The van der Waals surface area contributed by atoms with Gasteiger partial charge in [0.15, 0.2) is 0 Å². The molecular weight excluding hydrogens is 460 g/mol. The quantitative estimate of drug-likeness (QED) is 0.250. The highest BCUT2D eigenvalue weighted by Crippen LogP contribution is 2.45. The topological polar surface area (TPSA) is 24.1 Å². The van der Waals surface area contributed by atoms with Crippen LogP contribution in [-0.2, 0) is 0 Å². The Morgan fingerprint density at radius 2 is 0.763 bits per heavy atom. The van der Waals surface area contributed by atoms with Crippen molar-refractivity contribution < 1.29 is 0 Å². The van der Waals surface area contributed by atoms with E-state index in [0.29, 0.717) is 0 Å².